The van der Waals surface area contributed by atoms with Crippen LogP contribution in [0.3, 0.4) is 0 Å². The minimum atomic E-state index is 0.401. The van der Waals surface area contributed by atoms with Gasteiger partial charge in [-0.3, -0.25) is 4.99 Å². The van der Waals surface area contributed by atoms with Gasteiger partial charge in [-0.15, -0.1) is 0 Å². The molecular formula is C21H26N6. The molecule has 1 atom stereocenters. The highest BCUT2D eigenvalue weighted by atomic mass is 15.3. The lowest BCUT2D eigenvalue weighted by Gasteiger charge is -2.40. The Balaban J connectivity index is 1.39. The summed E-state index contributed by atoms with van der Waals surface area (Å²) in [4.78, 5) is 16.3. The van der Waals surface area contributed by atoms with Crippen LogP contribution in [-0.2, 0) is 6.54 Å². The Kier molecular flexibility index (Phi) is 4.08. The van der Waals surface area contributed by atoms with Gasteiger partial charge in [-0.25, -0.2) is 4.98 Å². The molecule has 2 N–H and O–H groups in total. The number of rotatable bonds is 3. The van der Waals surface area contributed by atoms with E-state index in [9.17, 15) is 0 Å². The molecule has 0 bridgehead atoms. The molecule has 3 aliphatic rings. The lowest BCUT2D eigenvalue weighted by atomic mass is 9.79. The number of fused-ring (bicyclic) bond motifs is 1. The minimum absolute atomic E-state index is 0.401. The number of aromatic nitrogens is 2. The highest BCUT2D eigenvalue weighted by Gasteiger charge is 2.38. The standard InChI is InChI=1S/C21H26N6/c1-15-9-19(25-18-4-3-16-11-23-12-17(16)10-18)26-20(24-15)27-8-2-5-21(14-27)6-7-22-13-21/h3-4,9-10,12,22H,2,5-8,11,13-14H2,1H3,(H,24,25,26). The fraction of sp³-hybridized carbons (Fsp3) is 0.476. The Bertz CT molecular complexity index is 884. The molecule has 2 aromatic rings. The van der Waals surface area contributed by atoms with E-state index in [1.165, 1.54) is 30.4 Å². The van der Waals surface area contributed by atoms with E-state index in [1.807, 2.05) is 19.2 Å². The van der Waals surface area contributed by atoms with Gasteiger partial charge in [0.05, 0.1) is 6.54 Å². The number of nitrogens with one attached hydrogen (secondary N) is 2. The van der Waals surface area contributed by atoms with Gasteiger partial charge in [-0.05, 0) is 56.0 Å². The Morgan fingerprint density at radius 1 is 1.19 bits per heavy atom. The summed E-state index contributed by atoms with van der Waals surface area (Å²) in [6.45, 7) is 7.19. The molecule has 1 unspecified atom stereocenters. The van der Waals surface area contributed by atoms with Crippen molar-refractivity contribution in [2.24, 2.45) is 10.4 Å². The zero-order valence-electron chi connectivity index (χ0n) is 15.8. The van der Waals surface area contributed by atoms with Crippen molar-refractivity contribution in [2.45, 2.75) is 32.7 Å². The van der Waals surface area contributed by atoms with Crippen LogP contribution < -0.4 is 15.5 Å². The third-order valence-electron chi connectivity index (χ3n) is 6.03. The molecule has 0 amide bonds. The van der Waals surface area contributed by atoms with Crippen molar-refractivity contribution in [2.75, 3.05) is 36.4 Å². The first-order valence-electron chi connectivity index (χ1n) is 9.90. The summed E-state index contributed by atoms with van der Waals surface area (Å²) in [6.07, 6.45) is 5.73. The molecule has 0 aliphatic carbocycles. The number of aliphatic imine (C=N–C) groups is 1. The van der Waals surface area contributed by atoms with E-state index in [-0.39, 0.29) is 0 Å². The quantitative estimate of drug-likeness (QED) is 0.879. The summed E-state index contributed by atoms with van der Waals surface area (Å²) in [6, 6.07) is 8.40. The van der Waals surface area contributed by atoms with Crippen LogP contribution in [0.25, 0.3) is 0 Å². The first-order valence-corrected chi connectivity index (χ1v) is 9.90. The van der Waals surface area contributed by atoms with Crippen molar-refractivity contribution in [1.82, 2.24) is 15.3 Å². The molecule has 3 aliphatic heterocycles. The van der Waals surface area contributed by atoms with E-state index in [4.69, 9.17) is 9.97 Å². The number of anilines is 3. The van der Waals surface area contributed by atoms with Gasteiger partial charge in [0.1, 0.15) is 5.82 Å². The number of hydrogen-bond donors (Lipinski definition) is 2. The van der Waals surface area contributed by atoms with Gasteiger partial charge < -0.3 is 15.5 Å². The minimum Gasteiger partial charge on any atom is -0.340 e. The van der Waals surface area contributed by atoms with Crippen LogP contribution >= 0.6 is 0 Å². The predicted octanol–water partition coefficient (Wildman–Crippen LogP) is 3.04. The van der Waals surface area contributed by atoms with Crippen LogP contribution in [0.2, 0.25) is 0 Å². The summed E-state index contributed by atoms with van der Waals surface area (Å²) >= 11 is 0. The predicted molar refractivity (Wildman–Crippen MR) is 109 cm³/mol. The van der Waals surface area contributed by atoms with Gasteiger partial charge in [0, 0.05) is 48.7 Å². The lowest BCUT2D eigenvalue weighted by Crippen LogP contribution is -2.45. The highest BCUT2D eigenvalue weighted by Crippen LogP contribution is 2.36. The molecule has 27 heavy (non-hydrogen) atoms. The van der Waals surface area contributed by atoms with E-state index in [0.717, 1.165) is 55.9 Å². The highest BCUT2D eigenvalue weighted by molar-refractivity contribution is 5.86. The van der Waals surface area contributed by atoms with Crippen LogP contribution in [0, 0.1) is 12.3 Å². The van der Waals surface area contributed by atoms with Crippen molar-refractivity contribution in [3.05, 3.63) is 41.1 Å². The van der Waals surface area contributed by atoms with Crippen LogP contribution in [0.4, 0.5) is 17.5 Å². The maximum Gasteiger partial charge on any atom is 0.227 e. The smallest absolute Gasteiger partial charge is 0.227 e. The fourth-order valence-corrected chi connectivity index (χ4v) is 4.61. The summed E-state index contributed by atoms with van der Waals surface area (Å²) in [7, 11) is 0. The molecule has 2 fully saturated rings. The van der Waals surface area contributed by atoms with Gasteiger partial charge in [0.25, 0.3) is 0 Å². The molecule has 6 heteroatoms. The molecule has 140 valence electrons. The molecule has 1 aromatic carbocycles. The van der Waals surface area contributed by atoms with Gasteiger partial charge in [-0.2, -0.15) is 4.98 Å². The van der Waals surface area contributed by atoms with Crippen molar-refractivity contribution in [3.8, 4) is 0 Å². The Labute approximate surface area is 160 Å². The summed E-state index contributed by atoms with van der Waals surface area (Å²) in [5.74, 6) is 1.71. The monoisotopic (exact) mass is 362 g/mol. The van der Waals surface area contributed by atoms with Crippen LogP contribution in [0.1, 0.15) is 36.1 Å². The number of nitrogens with zero attached hydrogens (tertiary/aromatic N) is 4. The van der Waals surface area contributed by atoms with Crippen molar-refractivity contribution in [1.29, 1.82) is 0 Å². The largest absolute Gasteiger partial charge is 0.340 e. The van der Waals surface area contributed by atoms with E-state index in [1.54, 1.807) is 0 Å². The maximum absolute atomic E-state index is 4.85. The number of benzene rings is 1. The first-order chi connectivity index (χ1) is 13.2. The van der Waals surface area contributed by atoms with Crippen molar-refractivity contribution in [3.63, 3.8) is 0 Å². The Hall–Kier alpha value is -2.47. The number of aryl methyl sites for hydroxylation is 1. The molecule has 0 saturated carbocycles. The van der Waals surface area contributed by atoms with Crippen LogP contribution in [0.5, 0.6) is 0 Å². The second-order valence-electron chi connectivity index (χ2n) is 8.15. The molecular weight excluding hydrogens is 336 g/mol. The molecule has 5 rings (SSSR count). The molecule has 2 saturated heterocycles. The molecule has 4 heterocycles. The molecule has 1 spiro atoms. The van der Waals surface area contributed by atoms with E-state index in [2.05, 4.69) is 38.7 Å². The SMILES string of the molecule is Cc1cc(Nc2ccc3c(c2)C=NC3)nc(N2CCCC3(CCNC3)C2)n1. The van der Waals surface area contributed by atoms with Crippen molar-refractivity contribution >= 4 is 23.7 Å². The zero-order chi connectivity index (χ0) is 18.3. The Morgan fingerprint density at radius 3 is 3.04 bits per heavy atom. The van der Waals surface area contributed by atoms with Crippen LogP contribution in [-0.4, -0.2) is 42.4 Å². The molecule has 0 radical (unpaired) electrons. The summed E-state index contributed by atoms with van der Waals surface area (Å²) < 4.78 is 0. The Morgan fingerprint density at radius 2 is 2.15 bits per heavy atom. The van der Waals surface area contributed by atoms with E-state index in [0.29, 0.717) is 5.41 Å². The third-order valence-corrected chi connectivity index (χ3v) is 6.03. The van der Waals surface area contributed by atoms with Gasteiger partial charge in [0.2, 0.25) is 5.95 Å². The normalized spacial score (nSPS) is 23.8. The molecule has 1 aromatic heterocycles. The topological polar surface area (TPSA) is 65.4 Å². The van der Waals surface area contributed by atoms with Gasteiger partial charge >= 0.3 is 0 Å². The van der Waals surface area contributed by atoms with E-state index >= 15 is 0 Å². The average molecular weight is 362 g/mol. The summed E-state index contributed by atoms with van der Waals surface area (Å²) in [5, 5.41) is 7.00. The fourth-order valence-electron chi connectivity index (χ4n) is 4.61. The van der Waals surface area contributed by atoms with Crippen LogP contribution in [0.15, 0.2) is 29.3 Å². The number of hydrogen-bond acceptors (Lipinski definition) is 6. The van der Waals surface area contributed by atoms with Gasteiger partial charge in [0.15, 0.2) is 0 Å². The van der Waals surface area contributed by atoms with Crippen molar-refractivity contribution < 1.29 is 0 Å². The lowest BCUT2D eigenvalue weighted by molar-refractivity contribution is 0.259. The average Bonchev–Trinajstić information content (AvgIpc) is 3.30. The second-order valence-corrected chi connectivity index (χ2v) is 8.15. The maximum atomic E-state index is 4.85. The second kappa shape index (κ2) is 6.60. The third kappa shape index (κ3) is 3.30. The molecule has 6 nitrogen and oxygen atoms in total. The number of piperidine rings is 1. The summed E-state index contributed by atoms with van der Waals surface area (Å²) in [5.41, 5.74) is 4.91. The zero-order valence-corrected chi connectivity index (χ0v) is 15.8. The first kappa shape index (κ1) is 16.7. The van der Waals surface area contributed by atoms with E-state index < -0.39 is 0 Å². The van der Waals surface area contributed by atoms with Gasteiger partial charge in [-0.1, -0.05) is 6.07 Å².